The number of carbonyl (C=O) groups excluding carboxylic acids is 4. The first kappa shape index (κ1) is 47.1. The smallest absolute Gasteiger partial charge is 0.311 e. The van der Waals surface area contributed by atoms with Gasteiger partial charge in [-0.2, -0.15) is 0 Å². The first-order chi connectivity index (χ1) is 23.4. The third-order valence-corrected chi connectivity index (χ3v) is 9.73. The number of esters is 1. The number of benzene rings is 1. The van der Waals surface area contributed by atoms with Crippen LogP contribution in [0.5, 0.6) is 11.5 Å². The fourth-order valence-electron chi connectivity index (χ4n) is 6.34. The molecule has 1 heterocycles. The summed E-state index contributed by atoms with van der Waals surface area (Å²) in [4.78, 5) is 42.4. The summed E-state index contributed by atoms with van der Waals surface area (Å²) in [5.41, 5.74) is 9.07. The largest absolute Gasteiger partial charge is 0.487 e. The molecule has 0 radical (unpaired) electrons. The second-order valence-corrected chi connectivity index (χ2v) is 15.8. The highest BCUT2D eigenvalue weighted by molar-refractivity contribution is 5.81. The Morgan fingerprint density at radius 2 is 1.36 bits per heavy atom. The molecule has 50 heavy (non-hydrogen) atoms. The van der Waals surface area contributed by atoms with E-state index in [1.165, 1.54) is 58.3 Å². The minimum absolute atomic E-state index is 0.00149. The molecule has 3 atom stereocenters. The molecule has 0 bridgehead atoms. The predicted octanol–water partition coefficient (Wildman–Crippen LogP) is 9.68. The van der Waals surface area contributed by atoms with E-state index in [4.69, 9.17) is 20.0 Å². The number of primary amides is 1. The lowest BCUT2D eigenvalue weighted by Crippen LogP contribution is -2.37. The van der Waals surface area contributed by atoms with Crippen molar-refractivity contribution in [1.29, 1.82) is 0 Å². The highest BCUT2D eigenvalue weighted by Crippen LogP contribution is 2.45. The molecule has 0 spiro atoms. The average Bonchev–Trinajstić information content (AvgIpc) is 3.01. The van der Waals surface area contributed by atoms with E-state index in [0.29, 0.717) is 11.7 Å². The molecular weight excluding hydrogens is 628 g/mol. The van der Waals surface area contributed by atoms with Crippen molar-refractivity contribution in [1.82, 2.24) is 5.32 Å². The van der Waals surface area contributed by atoms with E-state index in [0.717, 1.165) is 84.3 Å². The molecule has 0 aromatic heterocycles. The van der Waals surface area contributed by atoms with Crippen LogP contribution in [0, 0.1) is 44.4 Å². The molecule has 0 aliphatic carbocycles. The van der Waals surface area contributed by atoms with Gasteiger partial charge in [0.1, 0.15) is 23.4 Å². The zero-order valence-electron chi connectivity index (χ0n) is 34.0. The summed E-state index contributed by atoms with van der Waals surface area (Å²) in [7, 11) is 0. The zero-order valence-corrected chi connectivity index (χ0v) is 34.0. The molecule has 288 valence electrons. The van der Waals surface area contributed by atoms with Crippen molar-refractivity contribution in [3.63, 3.8) is 0 Å². The molecule has 0 saturated carbocycles. The Kier molecular flexibility index (Phi) is 23.7. The van der Waals surface area contributed by atoms with Crippen molar-refractivity contribution in [3.05, 3.63) is 22.3 Å². The van der Waals surface area contributed by atoms with Gasteiger partial charge in [0.2, 0.25) is 11.8 Å². The first-order valence-corrected chi connectivity index (χ1v) is 19.3. The number of carbonyl (C=O) groups is 4. The van der Waals surface area contributed by atoms with Crippen LogP contribution >= 0.6 is 0 Å². The summed E-state index contributed by atoms with van der Waals surface area (Å²) in [5, 5.41) is 2.74. The topological polar surface area (TPSA) is 125 Å². The van der Waals surface area contributed by atoms with Crippen LogP contribution in [-0.2, 0) is 25.6 Å². The number of nitrogens with two attached hydrogens (primary N) is 1. The maximum atomic E-state index is 12.3. The van der Waals surface area contributed by atoms with E-state index < -0.39 is 11.9 Å². The fraction of sp³-hybridized carbons (Fsp3) is 0.762. The van der Waals surface area contributed by atoms with Crippen LogP contribution in [0.2, 0.25) is 0 Å². The Morgan fingerprint density at radius 3 is 1.86 bits per heavy atom. The van der Waals surface area contributed by atoms with Crippen LogP contribution in [0.25, 0.3) is 0 Å². The van der Waals surface area contributed by atoms with Crippen molar-refractivity contribution < 1.29 is 28.7 Å². The fourth-order valence-corrected chi connectivity index (χ4v) is 6.34. The monoisotopic (exact) mass is 703 g/mol. The number of fused-ring (bicyclic) bond motifs is 1. The van der Waals surface area contributed by atoms with Crippen LogP contribution < -0.4 is 20.5 Å². The van der Waals surface area contributed by atoms with Gasteiger partial charge in [-0.1, -0.05) is 86.5 Å². The lowest BCUT2D eigenvalue weighted by Gasteiger charge is -2.38. The first-order valence-electron chi connectivity index (χ1n) is 19.3. The summed E-state index contributed by atoms with van der Waals surface area (Å²) >= 11 is 0. The van der Waals surface area contributed by atoms with Crippen LogP contribution in [0.1, 0.15) is 168 Å². The molecule has 1 aliphatic heterocycles. The minimum Gasteiger partial charge on any atom is -0.487 e. The lowest BCUT2D eigenvalue weighted by atomic mass is 9.83. The van der Waals surface area contributed by atoms with Gasteiger partial charge in [-0.3, -0.25) is 14.4 Å². The van der Waals surface area contributed by atoms with E-state index in [1.807, 2.05) is 20.8 Å². The van der Waals surface area contributed by atoms with E-state index in [2.05, 4.69) is 53.8 Å². The van der Waals surface area contributed by atoms with Crippen molar-refractivity contribution in [2.75, 3.05) is 6.54 Å². The van der Waals surface area contributed by atoms with Gasteiger partial charge in [0.15, 0.2) is 0 Å². The summed E-state index contributed by atoms with van der Waals surface area (Å²) in [6.45, 7) is 25.8. The molecule has 1 aliphatic rings. The number of rotatable bonds is 19. The van der Waals surface area contributed by atoms with Gasteiger partial charge < -0.3 is 25.3 Å². The molecule has 8 nitrogen and oxygen atoms in total. The number of amides is 2. The summed E-state index contributed by atoms with van der Waals surface area (Å²) in [6, 6.07) is 0. The van der Waals surface area contributed by atoms with E-state index in [1.54, 1.807) is 6.92 Å². The number of hydrogen-bond acceptors (Lipinski definition) is 6. The van der Waals surface area contributed by atoms with Crippen molar-refractivity contribution >= 4 is 24.1 Å². The van der Waals surface area contributed by atoms with E-state index in [-0.39, 0.29) is 24.3 Å². The van der Waals surface area contributed by atoms with E-state index in [9.17, 15) is 14.4 Å². The normalized spacial score (nSPS) is 16.1. The maximum absolute atomic E-state index is 12.3. The third kappa shape index (κ3) is 20.1. The van der Waals surface area contributed by atoms with Crippen LogP contribution in [0.3, 0.4) is 0 Å². The quantitative estimate of drug-likeness (QED) is 0.0840. The lowest BCUT2D eigenvalue weighted by molar-refractivity contribution is -0.136. The Morgan fingerprint density at radius 1 is 0.840 bits per heavy atom. The number of ether oxygens (including phenoxy) is 2. The van der Waals surface area contributed by atoms with Gasteiger partial charge in [0.05, 0.1) is 6.42 Å². The number of nitrogens with one attached hydrogen (secondary N) is 1. The maximum Gasteiger partial charge on any atom is 0.311 e. The molecule has 0 fully saturated rings. The number of hydrogen-bond donors (Lipinski definition) is 2. The summed E-state index contributed by atoms with van der Waals surface area (Å²) < 4.78 is 12.4. The number of aldehydes is 1. The van der Waals surface area contributed by atoms with Gasteiger partial charge in [0.25, 0.3) is 0 Å². The van der Waals surface area contributed by atoms with Crippen molar-refractivity contribution in [2.24, 2.45) is 29.4 Å². The Balaban J connectivity index is 0.00000171. The molecular formula is C42H74N2O6. The van der Waals surface area contributed by atoms with Gasteiger partial charge in [-0.15, -0.1) is 0 Å². The highest BCUT2D eigenvalue weighted by atomic mass is 16.5. The molecule has 2 amide bonds. The molecule has 3 N–H and O–H groups in total. The minimum atomic E-state index is -0.499. The Bertz CT molecular complexity index is 1180. The van der Waals surface area contributed by atoms with Gasteiger partial charge in [-0.25, -0.2) is 0 Å². The molecule has 1 aromatic carbocycles. The summed E-state index contributed by atoms with van der Waals surface area (Å²) in [5.74, 6) is 3.82. The molecule has 8 heteroatoms. The van der Waals surface area contributed by atoms with Crippen LogP contribution in [0.4, 0.5) is 0 Å². The Labute approximate surface area is 305 Å². The second-order valence-electron chi connectivity index (χ2n) is 15.8. The van der Waals surface area contributed by atoms with Crippen molar-refractivity contribution in [2.45, 2.75) is 179 Å². The Hall–Kier alpha value is -2.90. The van der Waals surface area contributed by atoms with Gasteiger partial charge in [-0.05, 0) is 107 Å². The average molecular weight is 703 g/mol. The molecule has 3 unspecified atom stereocenters. The van der Waals surface area contributed by atoms with Gasteiger partial charge in [0, 0.05) is 25.5 Å². The molecule has 1 aromatic rings. The summed E-state index contributed by atoms with van der Waals surface area (Å²) in [6.07, 6.45) is 15.3. The van der Waals surface area contributed by atoms with Crippen molar-refractivity contribution in [3.8, 4) is 11.5 Å². The zero-order chi connectivity index (χ0) is 38.4. The molecule has 2 rings (SSSR count). The highest BCUT2D eigenvalue weighted by Gasteiger charge is 2.34. The second kappa shape index (κ2) is 25.1. The van der Waals surface area contributed by atoms with Crippen LogP contribution in [0.15, 0.2) is 0 Å². The van der Waals surface area contributed by atoms with Crippen LogP contribution in [-0.4, -0.2) is 36.2 Å². The SMILES string of the molecule is CC(=O)NCCC(C)C.CC=O.Cc1c(C)c2c(c(C)c1OC(=O)CCC(N)=O)CCC(C)(CCCC(C)CCCC(C)CCCC(C)C)O2. The molecule has 0 saturated heterocycles. The van der Waals surface area contributed by atoms with E-state index >= 15 is 0 Å². The predicted molar refractivity (Wildman–Crippen MR) is 207 cm³/mol. The van der Waals surface area contributed by atoms with Gasteiger partial charge >= 0.3 is 5.97 Å². The third-order valence-electron chi connectivity index (χ3n) is 9.73. The standard InChI is InChI=1S/C33H55NO4.C7H15NO.C2H4O/c1-22(2)12-9-13-23(3)14-10-15-24(4)16-11-20-33(8)21-19-28-27(7)31(25(5)26(6)32(28)38-33)37-30(36)18-17-29(34)35;1-6(2)4-5-8-7(3)9;1-2-3/h22-24H,9-21H2,1-8H3,(H2,34,35);6H,4-5H2,1-3H3,(H,8,9);2H,1H3.